The lowest BCUT2D eigenvalue weighted by Gasteiger charge is -2.26. The summed E-state index contributed by atoms with van der Waals surface area (Å²) in [5, 5.41) is 0. The third-order valence-electron chi connectivity index (χ3n) is 2.97. The van der Waals surface area contributed by atoms with E-state index < -0.39 is 11.5 Å². The van der Waals surface area contributed by atoms with Crippen LogP contribution in [-0.4, -0.2) is 53.2 Å². The molecule has 1 aromatic carbocycles. The van der Waals surface area contributed by atoms with Gasteiger partial charge in [-0.1, -0.05) is 30.3 Å². The molecular weight excluding hydrogens is 274 g/mol. The van der Waals surface area contributed by atoms with Crippen LogP contribution in [-0.2, 0) is 29.3 Å². The molecule has 118 valence electrons. The van der Waals surface area contributed by atoms with Crippen molar-refractivity contribution in [1.82, 2.24) is 0 Å². The number of carbonyl (C=O) groups excluding carboxylic acids is 1. The van der Waals surface area contributed by atoms with Gasteiger partial charge in [0.2, 0.25) is 0 Å². The number of benzene rings is 1. The molecule has 1 rings (SSSR count). The van der Waals surface area contributed by atoms with Gasteiger partial charge in [0.15, 0.2) is 5.54 Å². The molecule has 0 heterocycles. The lowest BCUT2D eigenvalue weighted by atomic mass is 9.92. The summed E-state index contributed by atoms with van der Waals surface area (Å²) in [6.45, 7) is 1.82. The summed E-state index contributed by atoms with van der Waals surface area (Å²) in [7, 11) is 2.92. The van der Waals surface area contributed by atoms with Crippen LogP contribution >= 0.6 is 0 Å². The largest absolute Gasteiger partial charge is 0.467 e. The Hall–Kier alpha value is -1.47. The van der Waals surface area contributed by atoms with E-state index >= 15 is 0 Å². The van der Waals surface area contributed by atoms with Gasteiger partial charge in [-0.3, -0.25) is 0 Å². The van der Waals surface area contributed by atoms with Gasteiger partial charge in [-0.25, -0.2) is 4.79 Å². The molecule has 1 aromatic rings. The molecule has 21 heavy (non-hydrogen) atoms. The third kappa shape index (κ3) is 5.43. The van der Waals surface area contributed by atoms with Crippen molar-refractivity contribution in [1.29, 1.82) is 0 Å². The first kappa shape index (κ1) is 17.6. The SMILES string of the molecule is COCCOCCOCC(N)(C(=O)OC)c1ccccc1. The molecule has 1 atom stereocenters. The van der Waals surface area contributed by atoms with Gasteiger partial charge >= 0.3 is 5.97 Å². The average molecular weight is 297 g/mol. The molecule has 0 aromatic heterocycles. The number of hydrogen-bond acceptors (Lipinski definition) is 6. The van der Waals surface area contributed by atoms with Crippen LogP contribution in [0.2, 0.25) is 0 Å². The molecule has 1 unspecified atom stereocenters. The summed E-state index contributed by atoms with van der Waals surface area (Å²) in [5.74, 6) is -0.533. The van der Waals surface area contributed by atoms with E-state index in [1.54, 1.807) is 19.2 Å². The van der Waals surface area contributed by atoms with Crippen LogP contribution in [0.5, 0.6) is 0 Å². The highest BCUT2D eigenvalue weighted by molar-refractivity contribution is 5.82. The fraction of sp³-hybridized carbons (Fsp3) is 0.533. The standard InChI is InChI=1S/C15H23NO5/c1-18-8-9-20-10-11-21-12-15(16,14(17)19-2)13-6-4-3-5-7-13/h3-7H,8-12,16H2,1-2H3. The number of esters is 1. The highest BCUT2D eigenvalue weighted by Gasteiger charge is 2.37. The zero-order valence-corrected chi connectivity index (χ0v) is 12.5. The van der Waals surface area contributed by atoms with Crippen LogP contribution in [0.4, 0.5) is 0 Å². The van der Waals surface area contributed by atoms with E-state index in [0.717, 1.165) is 0 Å². The lowest BCUT2D eigenvalue weighted by molar-refractivity contribution is -0.150. The molecule has 0 aliphatic heterocycles. The lowest BCUT2D eigenvalue weighted by Crippen LogP contribution is -2.49. The van der Waals surface area contributed by atoms with E-state index in [4.69, 9.17) is 24.7 Å². The Labute approximate surface area is 125 Å². The summed E-state index contributed by atoms with van der Waals surface area (Å²) in [4.78, 5) is 12.0. The Morgan fingerprint density at radius 3 is 2.29 bits per heavy atom. The van der Waals surface area contributed by atoms with Gasteiger partial charge in [0, 0.05) is 7.11 Å². The third-order valence-corrected chi connectivity index (χ3v) is 2.97. The van der Waals surface area contributed by atoms with Crippen molar-refractivity contribution in [3.63, 3.8) is 0 Å². The molecule has 6 heteroatoms. The maximum atomic E-state index is 12.0. The fourth-order valence-electron chi connectivity index (χ4n) is 1.77. The summed E-state index contributed by atoms with van der Waals surface area (Å²) < 4.78 is 20.4. The second kappa shape index (κ2) is 9.46. The quantitative estimate of drug-likeness (QED) is 0.506. The molecule has 0 fully saturated rings. The van der Waals surface area contributed by atoms with E-state index in [-0.39, 0.29) is 6.61 Å². The number of carbonyl (C=O) groups is 1. The molecule has 6 nitrogen and oxygen atoms in total. The predicted molar refractivity (Wildman–Crippen MR) is 77.8 cm³/mol. The smallest absolute Gasteiger partial charge is 0.332 e. The number of ether oxygens (including phenoxy) is 4. The average Bonchev–Trinajstić information content (AvgIpc) is 2.53. The maximum absolute atomic E-state index is 12.0. The molecule has 0 amide bonds. The monoisotopic (exact) mass is 297 g/mol. The van der Waals surface area contributed by atoms with Crippen molar-refractivity contribution < 1.29 is 23.7 Å². The molecular formula is C15H23NO5. The number of hydrogen-bond donors (Lipinski definition) is 1. The minimum atomic E-state index is -1.32. The molecule has 2 N–H and O–H groups in total. The van der Waals surface area contributed by atoms with Gasteiger partial charge in [-0.15, -0.1) is 0 Å². The van der Waals surface area contributed by atoms with Crippen molar-refractivity contribution in [3.8, 4) is 0 Å². The molecule has 0 aliphatic rings. The van der Waals surface area contributed by atoms with E-state index in [1.165, 1.54) is 7.11 Å². The highest BCUT2D eigenvalue weighted by Crippen LogP contribution is 2.20. The van der Waals surface area contributed by atoms with E-state index in [1.807, 2.05) is 18.2 Å². The van der Waals surface area contributed by atoms with E-state index in [0.29, 0.717) is 32.0 Å². The Balaban J connectivity index is 2.50. The predicted octanol–water partition coefficient (Wildman–Crippen LogP) is 0.693. The van der Waals surface area contributed by atoms with Crippen LogP contribution in [0, 0.1) is 0 Å². The zero-order chi connectivity index (χ0) is 15.6. The molecule has 0 aliphatic carbocycles. The minimum Gasteiger partial charge on any atom is -0.467 e. The Kier molecular flexibility index (Phi) is 7.92. The van der Waals surface area contributed by atoms with Gasteiger partial charge in [0.05, 0.1) is 40.1 Å². The van der Waals surface area contributed by atoms with E-state index in [9.17, 15) is 4.79 Å². The maximum Gasteiger partial charge on any atom is 0.332 e. The summed E-state index contributed by atoms with van der Waals surface area (Å²) in [6.07, 6.45) is 0. The summed E-state index contributed by atoms with van der Waals surface area (Å²) >= 11 is 0. The summed E-state index contributed by atoms with van der Waals surface area (Å²) in [6, 6.07) is 9.03. The van der Waals surface area contributed by atoms with Crippen molar-refractivity contribution in [2.75, 3.05) is 47.3 Å². The van der Waals surface area contributed by atoms with Gasteiger partial charge in [0.1, 0.15) is 0 Å². The Morgan fingerprint density at radius 1 is 1.05 bits per heavy atom. The summed E-state index contributed by atoms with van der Waals surface area (Å²) in [5.41, 5.74) is 5.51. The Bertz CT molecular complexity index is 412. The first-order chi connectivity index (χ1) is 10.1. The van der Waals surface area contributed by atoms with Crippen LogP contribution in [0.15, 0.2) is 30.3 Å². The number of rotatable bonds is 10. The number of nitrogens with two attached hydrogens (primary N) is 1. The first-order valence-electron chi connectivity index (χ1n) is 6.72. The molecule has 0 saturated carbocycles. The van der Waals surface area contributed by atoms with Crippen LogP contribution < -0.4 is 5.73 Å². The van der Waals surface area contributed by atoms with Crippen LogP contribution in [0.3, 0.4) is 0 Å². The minimum absolute atomic E-state index is 0.0251. The molecule has 0 spiro atoms. The van der Waals surface area contributed by atoms with Crippen LogP contribution in [0.1, 0.15) is 5.56 Å². The number of methoxy groups -OCH3 is 2. The zero-order valence-electron chi connectivity index (χ0n) is 12.5. The topological polar surface area (TPSA) is 80.0 Å². The first-order valence-corrected chi connectivity index (χ1v) is 6.72. The molecule has 0 saturated heterocycles. The van der Waals surface area contributed by atoms with E-state index in [2.05, 4.69) is 0 Å². The van der Waals surface area contributed by atoms with Crippen molar-refractivity contribution in [2.45, 2.75) is 5.54 Å². The van der Waals surface area contributed by atoms with Crippen molar-refractivity contribution in [3.05, 3.63) is 35.9 Å². The highest BCUT2D eigenvalue weighted by atomic mass is 16.5. The van der Waals surface area contributed by atoms with Gasteiger partial charge < -0.3 is 24.7 Å². The van der Waals surface area contributed by atoms with Gasteiger partial charge in [-0.2, -0.15) is 0 Å². The second-order valence-corrected chi connectivity index (χ2v) is 4.49. The van der Waals surface area contributed by atoms with Crippen molar-refractivity contribution in [2.24, 2.45) is 5.73 Å². The van der Waals surface area contributed by atoms with Gasteiger partial charge in [0.25, 0.3) is 0 Å². The fourth-order valence-corrected chi connectivity index (χ4v) is 1.77. The molecule has 0 radical (unpaired) electrons. The van der Waals surface area contributed by atoms with Crippen LogP contribution in [0.25, 0.3) is 0 Å². The van der Waals surface area contributed by atoms with Gasteiger partial charge in [-0.05, 0) is 5.56 Å². The second-order valence-electron chi connectivity index (χ2n) is 4.49. The Morgan fingerprint density at radius 2 is 1.67 bits per heavy atom. The molecule has 0 bridgehead atoms. The normalized spacial score (nSPS) is 13.7. The van der Waals surface area contributed by atoms with Crippen molar-refractivity contribution >= 4 is 5.97 Å².